The van der Waals surface area contributed by atoms with Crippen molar-refractivity contribution in [3.63, 3.8) is 0 Å². The van der Waals surface area contributed by atoms with E-state index in [1.165, 1.54) is 0 Å². The van der Waals surface area contributed by atoms with Gasteiger partial charge < -0.3 is 15.0 Å². The van der Waals surface area contributed by atoms with Crippen molar-refractivity contribution < 1.29 is 14.3 Å². The second kappa shape index (κ2) is 12.0. The standard InChI is InChI=1S/C32H34Br2N4O3/c1-5-41-26-18-22(32(2,3)4)10-15-25(26)30-36-28(20-6-11-23(33)12-7-20)29(21-8-13-24(34)14-9-21)38(30)31(40)37-17-16-35-27(39)19-37/h6-15,18,28-29H,5,16-17,19H2,1-4H3,(H,35,39)/t28-,29+/m0/s1. The predicted molar refractivity (Wildman–Crippen MR) is 168 cm³/mol. The SMILES string of the molecule is CCOc1cc(C(C)(C)C)ccc1C1=N[C@@H](c2ccc(Br)cc2)[C@@H](c2ccc(Br)cc2)N1C(=O)N1CCNC(=O)C1. The number of benzene rings is 3. The lowest BCUT2D eigenvalue weighted by molar-refractivity contribution is -0.123. The fraction of sp³-hybridized carbons (Fsp3) is 0.344. The van der Waals surface area contributed by atoms with E-state index in [0.29, 0.717) is 31.3 Å². The molecule has 1 fully saturated rings. The van der Waals surface area contributed by atoms with Gasteiger partial charge in [0.05, 0.1) is 18.2 Å². The third-order valence-corrected chi connectivity index (χ3v) is 8.45. The smallest absolute Gasteiger partial charge is 0.326 e. The van der Waals surface area contributed by atoms with Gasteiger partial charge in [0.2, 0.25) is 5.91 Å². The number of carbonyl (C=O) groups excluding carboxylic acids is 2. The summed E-state index contributed by atoms with van der Waals surface area (Å²) in [5, 5.41) is 2.82. The second-order valence-corrected chi connectivity index (χ2v) is 13.1. The molecule has 41 heavy (non-hydrogen) atoms. The van der Waals surface area contributed by atoms with Crippen LogP contribution in [0, 0.1) is 0 Å². The number of urea groups is 1. The normalized spacial score (nSPS) is 19.2. The van der Waals surface area contributed by atoms with Gasteiger partial charge in [-0.2, -0.15) is 0 Å². The zero-order valence-electron chi connectivity index (χ0n) is 23.7. The Morgan fingerprint density at radius 2 is 1.63 bits per heavy atom. The van der Waals surface area contributed by atoms with Crippen LogP contribution in [0.4, 0.5) is 4.79 Å². The summed E-state index contributed by atoms with van der Waals surface area (Å²) in [6.07, 6.45) is 0. The molecule has 1 N–H and O–H groups in total. The lowest BCUT2D eigenvalue weighted by Crippen LogP contribution is -2.55. The topological polar surface area (TPSA) is 74.2 Å². The van der Waals surface area contributed by atoms with Gasteiger partial charge in [-0.05, 0) is 65.4 Å². The molecular formula is C32H34Br2N4O3. The van der Waals surface area contributed by atoms with Crippen molar-refractivity contribution in [3.8, 4) is 5.75 Å². The van der Waals surface area contributed by atoms with Crippen LogP contribution < -0.4 is 10.1 Å². The Hall–Kier alpha value is -3.17. The van der Waals surface area contributed by atoms with E-state index in [2.05, 4.69) is 70.1 Å². The van der Waals surface area contributed by atoms with Crippen molar-refractivity contribution in [1.29, 1.82) is 0 Å². The van der Waals surface area contributed by atoms with E-state index >= 15 is 0 Å². The van der Waals surface area contributed by atoms with E-state index < -0.39 is 6.04 Å². The maximum atomic E-state index is 14.4. The Morgan fingerprint density at radius 1 is 1.00 bits per heavy atom. The van der Waals surface area contributed by atoms with Crippen LogP contribution in [0.25, 0.3) is 0 Å². The zero-order chi connectivity index (χ0) is 29.3. The summed E-state index contributed by atoms with van der Waals surface area (Å²) >= 11 is 7.10. The summed E-state index contributed by atoms with van der Waals surface area (Å²) in [5.74, 6) is 1.04. The average Bonchev–Trinajstić information content (AvgIpc) is 3.33. The van der Waals surface area contributed by atoms with Crippen LogP contribution in [0.1, 0.15) is 62.0 Å². The van der Waals surface area contributed by atoms with Crippen molar-refractivity contribution in [2.75, 3.05) is 26.2 Å². The number of amidine groups is 1. The average molecular weight is 682 g/mol. The third-order valence-electron chi connectivity index (χ3n) is 7.39. The minimum absolute atomic E-state index is 0.0000985. The van der Waals surface area contributed by atoms with Gasteiger partial charge in [-0.25, -0.2) is 4.79 Å². The summed E-state index contributed by atoms with van der Waals surface area (Å²) in [5.41, 5.74) is 3.71. The molecule has 1 saturated heterocycles. The lowest BCUT2D eigenvalue weighted by Gasteiger charge is -2.36. The molecule has 2 aliphatic rings. The van der Waals surface area contributed by atoms with Crippen LogP contribution in [0.15, 0.2) is 80.7 Å². The highest BCUT2D eigenvalue weighted by atomic mass is 79.9. The van der Waals surface area contributed by atoms with Crippen LogP contribution in [0.2, 0.25) is 0 Å². The highest BCUT2D eigenvalue weighted by Crippen LogP contribution is 2.46. The number of aliphatic imine (C=N–C) groups is 1. The number of amides is 3. The van der Waals surface area contributed by atoms with Crippen molar-refractivity contribution in [1.82, 2.24) is 15.1 Å². The molecular weight excluding hydrogens is 648 g/mol. The number of piperazine rings is 1. The Bertz CT molecular complexity index is 1470. The molecule has 0 bridgehead atoms. The fourth-order valence-electron chi connectivity index (χ4n) is 5.26. The van der Waals surface area contributed by atoms with Crippen molar-refractivity contribution in [2.24, 2.45) is 4.99 Å². The first-order valence-corrected chi connectivity index (χ1v) is 15.4. The molecule has 0 saturated carbocycles. The van der Waals surface area contributed by atoms with Gasteiger partial charge in [0.25, 0.3) is 0 Å². The number of hydrogen-bond donors (Lipinski definition) is 1. The largest absolute Gasteiger partial charge is 0.493 e. The molecule has 0 unspecified atom stereocenters. The highest BCUT2D eigenvalue weighted by Gasteiger charge is 2.45. The molecule has 0 aliphatic carbocycles. The minimum Gasteiger partial charge on any atom is -0.493 e. The molecule has 5 rings (SSSR count). The molecule has 2 atom stereocenters. The quantitative estimate of drug-likeness (QED) is 0.315. The molecule has 2 aliphatic heterocycles. The zero-order valence-corrected chi connectivity index (χ0v) is 26.8. The van der Waals surface area contributed by atoms with Gasteiger partial charge in [-0.1, -0.05) is 83.0 Å². The van der Waals surface area contributed by atoms with Gasteiger partial charge in [-0.15, -0.1) is 0 Å². The van der Waals surface area contributed by atoms with Gasteiger partial charge in [0.15, 0.2) is 0 Å². The number of nitrogens with zero attached hydrogens (tertiary/aromatic N) is 3. The third kappa shape index (κ3) is 6.21. The number of nitrogens with one attached hydrogen (secondary N) is 1. The first-order valence-electron chi connectivity index (χ1n) is 13.8. The van der Waals surface area contributed by atoms with Crippen molar-refractivity contribution >= 4 is 49.6 Å². The maximum Gasteiger partial charge on any atom is 0.326 e. The van der Waals surface area contributed by atoms with E-state index in [9.17, 15) is 9.59 Å². The first-order chi connectivity index (χ1) is 19.6. The molecule has 2 heterocycles. The van der Waals surface area contributed by atoms with Gasteiger partial charge in [0, 0.05) is 22.0 Å². The summed E-state index contributed by atoms with van der Waals surface area (Å²) in [6, 6.07) is 21.1. The Labute approximate surface area is 258 Å². The minimum atomic E-state index is -0.437. The molecule has 3 aromatic carbocycles. The number of ether oxygens (including phenoxy) is 1. The molecule has 214 valence electrons. The molecule has 0 aromatic heterocycles. The van der Waals surface area contributed by atoms with E-state index in [4.69, 9.17) is 9.73 Å². The second-order valence-electron chi connectivity index (χ2n) is 11.3. The van der Waals surface area contributed by atoms with Crippen LogP contribution in [-0.2, 0) is 10.2 Å². The number of hydrogen-bond acceptors (Lipinski definition) is 4. The van der Waals surface area contributed by atoms with Crippen LogP contribution >= 0.6 is 31.9 Å². The molecule has 3 aromatic rings. The highest BCUT2D eigenvalue weighted by molar-refractivity contribution is 9.10. The molecule has 0 spiro atoms. The lowest BCUT2D eigenvalue weighted by atomic mass is 9.86. The van der Waals surface area contributed by atoms with Crippen LogP contribution in [0.5, 0.6) is 5.75 Å². The fourth-order valence-corrected chi connectivity index (χ4v) is 5.79. The van der Waals surface area contributed by atoms with E-state index in [1.54, 1.807) is 9.80 Å². The number of rotatable bonds is 5. The summed E-state index contributed by atoms with van der Waals surface area (Å²) in [4.78, 5) is 35.4. The molecule has 7 nitrogen and oxygen atoms in total. The summed E-state index contributed by atoms with van der Waals surface area (Å²) in [7, 11) is 0. The Morgan fingerprint density at radius 3 is 2.22 bits per heavy atom. The summed E-state index contributed by atoms with van der Waals surface area (Å²) in [6.45, 7) is 9.74. The van der Waals surface area contributed by atoms with Gasteiger partial charge in [0.1, 0.15) is 24.2 Å². The monoisotopic (exact) mass is 680 g/mol. The molecule has 3 amide bonds. The first kappa shape index (κ1) is 29.3. The predicted octanol–water partition coefficient (Wildman–Crippen LogP) is 7.00. The number of halogens is 2. The van der Waals surface area contributed by atoms with Crippen LogP contribution in [0.3, 0.4) is 0 Å². The Kier molecular flexibility index (Phi) is 8.57. The van der Waals surface area contributed by atoms with Crippen LogP contribution in [-0.4, -0.2) is 53.8 Å². The van der Waals surface area contributed by atoms with Gasteiger partial charge in [-0.3, -0.25) is 14.7 Å². The number of carbonyl (C=O) groups is 2. The van der Waals surface area contributed by atoms with Crippen molar-refractivity contribution in [3.05, 3.63) is 97.9 Å². The van der Waals surface area contributed by atoms with Crippen molar-refractivity contribution in [2.45, 2.75) is 45.2 Å². The Balaban J connectivity index is 1.71. The molecule has 9 heteroatoms. The van der Waals surface area contributed by atoms with E-state index in [1.807, 2.05) is 61.5 Å². The van der Waals surface area contributed by atoms with Gasteiger partial charge >= 0.3 is 6.03 Å². The molecule has 0 radical (unpaired) electrons. The summed E-state index contributed by atoms with van der Waals surface area (Å²) < 4.78 is 8.09. The van der Waals surface area contributed by atoms with E-state index in [-0.39, 0.29) is 29.9 Å². The maximum absolute atomic E-state index is 14.4. The van der Waals surface area contributed by atoms with E-state index in [0.717, 1.165) is 31.2 Å².